The first-order valence-corrected chi connectivity index (χ1v) is 5.90. The Morgan fingerprint density at radius 1 is 0.933 bits per heavy atom. The van der Waals surface area contributed by atoms with Gasteiger partial charge in [-0.15, -0.1) is 0 Å². The molecule has 2 nitrogen and oxygen atoms in total. The molecule has 78 valence electrons. The third-order valence-electron chi connectivity index (χ3n) is 2.29. The molecule has 0 bridgehead atoms. The second-order valence-corrected chi connectivity index (χ2v) is 4.96. The summed E-state index contributed by atoms with van der Waals surface area (Å²) in [4.78, 5) is 0. The van der Waals surface area contributed by atoms with E-state index in [1.807, 2.05) is 19.1 Å². The minimum absolute atomic E-state index is 0.134. The molecular weight excluding hydrogens is 324 g/mol. The van der Waals surface area contributed by atoms with Crippen LogP contribution in [0.5, 0.6) is 11.5 Å². The van der Waals surface area contributed by atoms with E-state index in [0.29, 0.717) is 19.7 Å². The van der Waals surface area contributed by atoms with Crippen LogP contribution in [0, 0.1) is 6.92 Å². The lowest BCUT2D eigenvalue weighted by Gasteiger charge is -2.09. The monoisotopic (exact) mass is 330 g/mol. The number of aryl methyl sites for hydroxylation is 1. The zero-order valence-electron chi connectivity index (χ0n) is 7.88. The maximum Gasteiger partial charge on any atom is 0.139 e. The van der Waals surface area contributed by atoms with Crippen LogP contribution in [0.2, 0.25) is 0 Å². The van der Waals surface area contributed by atoms with Gasteiger partial charge in [0.15, 0.2) is 0 Å². The van der Waals surface area contributed by atoms with Crippen molar-refractivity contribution in [3.63, 3.8) is 0 Å². The Kier molecular flexibility index (Phi) is 2.64. The van der Waals surface area contributed by atoms with E-state index in [1.165, 1.54) is 0 Å². The minimum Gasteiger partial charge on any atom is -0.506 e. The normalized spacial score (nSPS) is 10.9. The average Bonchev–Trinajstić information content (AvgIpc) is 2.23. The molecule has 2 N–H and O–H groups in total. The van der Waals surface area contributed by atoms with Gasteiger partial charge in [0.1, 0.15) is 11.5 Å². The van der Waals surface area contributed by atoms with E-state index in [1.54, 1.807) is 6.07 Å². The molecule has 2 aromatic carbocycles. The number of hydrogen-bond donors (Lipinski definition) is 2. The van der Waals surface area contributed by atoms with E-state index < -0.39 is 0 Å². The average molecular weight is 332 g/mol. The predicted molar refractivity (Wildman–Crippen MR) is 67.4 cm³/mol. The number of phenols is 2. The van der Waals surface area contributed by atoms with Gasteiger partial charge in [-0.05, 0) is 44.8 Å². The van der Waals surface area contributed by atoms with Crippen LogP contribution in [0.3, 0.4) is 0 Å². The summed E-state index contributed by atoms with van der Waals surface area (Å²) in [6.07, 6.45) is 0. The Morgan fingerprint density at radius 2 is 1.47 bits per heavy atom. The lowest BCUT2D eigenvalue weighted by molar-refractivity contribution is 0.464. The Balaban J connectivity index is 3.00. The Morgan fingerprint density at radius 3 is 2.07 bits per heavy atom. The highest BCUT2D eigenvalue weighted by Crippen LogP contribution is 2.45. The fraction of sp³-hybridized carbons (Fsp3) is 0.0909. The van der Waals surface area contributed by atoms with Gasteiger partial charge in [-0.25, -0.2) is 0 Å². The summed E-state index contributed by atoms with van der Waals surface area (Å²) >= 11 is 6.43. The van der Waals surface area contributed by atoms with Gasteiger partial charge in [-0.3, -0.25) is 0 Å². The van der Waals surface area contributed by atoms with Gasteiger partial charge < -0.3 is 10.2 Å². The Bertz CT molecular complexity index is 550. The third kappa shape index (κ3) is 1.62. The molecule has 0 spiro atoms. The summed E-state index contributed by atoms with van der Waals surface area (Å²) < 4.78 is 0.939. The molecule has 2 rings (SSSR count). The van der Waals surface area contributed by atoms with Gasteiger partial charge >= 0.3 is 0 Å². The number of halogens is 2. The predicted octanol–water partition coefficient (Wildman–Crippen LogP) is 4.08. The molecule has 0 aliphatic rings. The van der Waals surface area contributed by atoms with Gasteiger partial charge in [-0.1, -0.05) is 17.7 Å². The topological polar surface area (TPSA) is 40.5 Å². The van der Waals surface area contributed by atoms with Crippen molar-refractivity contribution < 1.29 is 10.2 Å². The van der Waals surface area contributed by atoms with Crippen molar-refractivity contribution in [2.75, 3.05) is 0 Å². The molecule has 0 fully saturated rings. The molecule has 0 radical (unpaired) electrons. The fourth-order valence-electron chi connectivity index (χ4n) is 1.50. The highest BCUT2D eigenvalue weighted by atomic mass is 79.9. The second kappa shape index (κ2) is 3.68. The summed E-state index contributed by atoms with van der Waals surface area (Å²) in [5, 5.41) is 21.0. The standard InChI is InChI=1S/C11H8Br2O2/c1-5-2-3-6-7(4-5)11(15)9(13)8(12)10(6)14/h2-4,14-15H,1H3. The van der Waals surface area contributed by atoms with Crippen LogP contribution >= 0.6 is 31.9 Å². The molecule has 0 unspecified atom stereocenters. The molecule has 0 heterocycles. The molecule has 4 heteroatoms. The van der Waals surface area contributed by atoms with Crippen LogP contribution in [-0.2, 0) is 0 Å². The first-order chi connectivity index (χ1) is 7.02. The number of hydrogen-bond acceptors (Lipinski definition) is 2. The zero-order chi connectivity index (χ0) is 11.2. The van der Waals surface area contributed by atoms with Crippen LogP contribution in [-0.4, -0.2) is 10.2 Å². The van der Waals surface area contributed by atoms with Crippen molar-refractivity contribution in [1.82, 2.24) is 0 Å². The number of fused-ring (bicyclic) bond motifs is 1. The van der Waals surface area contributed by atoms with Crippen LogP contribution < -0.4 is 0 Å². The van der Waals surface area contributed by atoms with Crippen LogP contribution in [0.1, 0.15) is 5.56 Å². The summed E-state index contributed by atoms with van der Waals surface area (Å²) in [6, 6.07) is 5.51. The molecule has 0 amide bonds. The summed E-state index contributed by atoms with van der Waals surface area (Å²) in [6.45, 7) is 1.94. The second-order valence-electron chi connectivity index (χ2n) is 3.37. The van der Waals surface area contributed by atoms with E-state index in [2.05, 4.69) is 31.9 Å². The molecule has 0 aliphatic carbocycles. The maximum absolute atomic E-state index is 9.90. The first kappa shape index (κ1) is 10.8. The first-order valence-electron chi connectivity index (χ1n) is 4.31. The highest BCUT2D eigenvalue weighted by molar-refractivity contribution is 9.13. The van der Waals surface area contributed by atoms with E-state index in [4.69, 9.17) is 0 Å². The Hall–Kier alpha value is -0.740. The van der Waals surface area contributed by atoms with Crippen molar-refractivity contribution in [3.8, 4) is 11.5 Å². The van der Waals surface area contributed by atoms with Gasteiger partial charge in [0, 0.05) is 10.8 Å². The van der Waals surface area contributed by atoms with Crippen molar-refractivity contribution in [3.05, 3.63) is 32.7 Å². The molecule has 2 aromatic rings. The van der Waals surface area contributed by atoms with Gasteiger partial charge in [0.2, 0.25) is 0 Å². The number of benzene rings is 2. The van der Waals surface area contributed by atoms with E-state index in [9.17, 15) is 10.2 Å². The summed E-state index contributed by atoms with van der Waals surface area (Å²) in [7, 11) is 0. The maximum atomic E-state index is 9.90. The van der Waals surface area contributed by atoms with Gasteiger partial charge in [0.25, 0.3) is 0 Å². The van der Waals surface area contributed by atoms with Gasteiger partial charge in [-0.2, -0.15) is 0 Å². The minimum atomic E-state index is 0.134. The van der Waals surface area contributed by atoms with Gasteiger partial charge in [0.05, 0.1) is 8.95 Å². The number of phenolic OH excluding ortho intramolecular Hbond substituents is 2. The lowest BCUT2D eigenvalue weighted by atomic mass is 10.1. The summed E-state index contributed by atoms with van der Waals surface area (Å²) in [5.74, 6) is 0.271. The molecule has 0 aromatic heterocycles. The quantitative estimate of drug-likeness (QED) is 0.714. The van der Waals surface area contributed by atoms with E-state index >= 15 is 0 Å². The zero-order valence-corrected chi connectivity index (χ0v) is 11.1. The third-order valence-corrected chi connectivity index (χ3v) is 4.37. The van der Waals surface area contributed by atoms with E-state index in [0.717, 1.165) is 5.56 Å². The van der Waals surface area contributed by atoms with E-state index in [-0.39, 0.29) is 11.5 Å². The number of aromatic hydroxyl groups is 2. The SMILES string of the molecule is Cc1ccc2c(O)c(Br)c(Br)c(O)c2c1. The van der Waals surface area contributed by atoms with Crippen LogP contribution in [0.25, 0.3) is 10.8 Å². The lowest BCUT2D eigenvalue weighted by Crippen LogP contribution is -1.82. The molecular formula is C11H8Br2O2. The molecule has 0 saturated carbocycles. The van der Waals surface area contributed by atoms with Crippen molar-refractivity contribution >= 4 is 42.6 Å². The Labute approximate surface area is 104 Å². The number of rotatable bonds is 0. The molecule has 15 heavy (non-hydrogen) atoms. The van der Waals surface area contributed by atoms with Crippen molar-refractivity contribution in [2.45, 2.75) is 6.92 Å². The molecule has 0 saturated heterocycles. The smallest absolute Gasteiger partial charge is 0.139 e. The van der Waals surface area contributed by atoms with Crippen LogP contribution in [0.4, 0.5) is 0 Å². The van der Waals surface area contributed by atoms with Crippen molar-refractivity contribution in [1.29, 1.82) is 0 Å². The van der Waals surface area contributed by atoms with Crippen LogP contribution in [0.15, 0.2) is 27.1 Å². The fourth-order valence-corrected chi connectivity index (χ4v) is 2.31. The van der Waals surface area contributed by atoms with Crippen molar-refractivity contribution in [2.24, 2.45) is 0 Å². The molecule has 0 aliphatic heterocycles. The molecule has 0 atom stereocenters. The highest BCUT2D eigenvalue weighted by Gasteiger charge is 2.14. The largest absolute Gasteiger partial charge is 0.506 e. The summed E-state index contributed by atoms with van der Waals surface area (Å²) in [5.41, 5.74) is 1.03.